The lowest BCUT2D eigenvalue weighted by molar-refractivity contribution is 0.0800. The molecule has 1 aromatic heterocycles. The summed E-state index contributed by atoms with van der Waals surface area (Å²) >= 11 is 0. The molecule has 0 saturated carbocycles. The van der Waals surface area contributed by atoms with Crippen LogP contribution in [0.5, 0.6) is 0 Å². The fourth-order valence-electron chi connectivity index (χ4n) is 2.72. The zero-order valence-electron chi connectivity index (χ0n) is 14.5. The van der Waals surface area contributed by atoms with Gasteiger partial charge in [-0.3, -0.25) is 4.79 Å². The smallest absolute Gasteiger partial charge is 0.292 e. The molecule has 2 rings (SSSR count). The number of carbonyl (C=O) groups excluding carboxylic acids is 1. The molecule has 1 saturated heterocycles. The number of hydrogen-bond donors (Lipinski definition) is 0. The molecule has 23 heavy (non-hydrogen) atoms. The van der Waals surface area contributed by atoms with Crippen molar-refractivity contribution in [2.75, 3.05) is 45.7 Å². The Morgan fingerprint density at radius 2 is 2.04 bits per heavy atom. The summed E-state index contributed by atoms with van der Waals surface area (Å²) in [5.41, 5.74) is 1.81. The predicted octanol–water partition coefficient (Wildman–Crippen LogP) is 0.829. The minimum atomic E-state index is -0.320. The van der Waals surface area contributed by atoms with E-state index in [9.17, 15) is 4.79 Å². The zero-order valence-corrected chi connectivity index (χ0v) is 14.5. The highest BCUT2D eigenvalue weighted by Crippen LogP contribution is 2.25. The summed E-state index contributed by atoms with van der Waals surface area (Å²) in [6, 6.07) is 2.46. The van der Waals surface area contributed by atoms with E-state index >= 15 is 0 Å². The Hall–Kier alpha value is -2.20. The molecule has 1 fully saturated rings. The summed E-state index contributed by atoms with van der Waals surface area (Å²) in [6.45, 7) is 5.71. The van der Waals surface area contributed by atoms with Crippen LogP contribution in [0.25, 0.3) is 0 Å². The summed E-state index contributed by atoms with van der Waals surface area (Å²) in [6.07, 6.45) is 1.08. The van der Waals surface area contributed by atoms with Gasteiger partial charge in [-0.2, -0.15) is 5.26 Å². The SMILES string of the molecule is Cc1nc(C(=O)N(C)CC#N)nc(N2CC[C@@H](N(C)C)C2)c1C. The van der Waals surface area contributed by atoms with Crippen LogP contribution in [0.15, 0.2) is 0 Å². The van der Waals surface area contributed by atoms with E-state index in [0.717, 1.165) is 36.6 Å². The van der Waals surface area contributed by atoms with Gasteiger partial charge in [0, 0.05) is 37.4 Å². The van der Waals surface area contributed by atoms with Gasteiger partial charge >= 0.3 is 0 Å². The van der Waals surface area contributed by atoms with Gasteiger partial charge in [0.05, 0.1) is 6.07 Å². The molecule has 0 aliphatic carbocycles. The van der Waals surface area contributed by atoms with Crippen LogP contribution < -0.4 is 4.90 Å². The van der Waals surface area contributed by atoms with Gasteiger partial charge in [0.1, 0.15) is 12.4 Å². The van der Waals surface area contributed by atoms with E-state index in [0.29, 0.717) is 6.04 Å². The molecule has 0 spiro atoms. The number of aromatic nitrogens is 2. The molecule has 1 atom stereocenters. The van der Waals surface area contributed by atoms with Gasteiger partial charge in [-0.15, -0.1) is 0 Å². The van der Waals surface area contributed by atoms with Crippen LogP contribution in [0.1, 0.15) is 28.3 Å². The summed E-state index contributed by atoms with van der Waals surface area (Å²) in [7, 11) is 5.75. The van der Waals surface area contributed by atoms with Gasteiger partial charge in [-0.1, -0.05) is 0 Å². The van der Waals surface area contributed by atoms with Crippen molar-refractivity contribution in [2.45, 2.75) is 26.3 Å². The molecule has 0 aromatic carbocycles. The number of likely N-dealkylation sites (N-methyl/N-ethyl adjacent to an activating group) is 1. The number of nitriles is 1. The molecule has 7 nitrogen and oxygen atoms in total. The van der Waals surface area contributed by atoms with Crippen molar-refractivity contribution in [1.82, 2.24) is 19.8 Å². The third kappa shape index (κ3) is 3.59. The quantitative estimate of drug-likeness (QED) is 0.766. The molecule has 2 heterocycles. The Balaban J connectivity index is 2.31. The van der Waals surface area contributed by atoms with Gasteiger partial charge in [-0.05, 0) is 34.4 Å². The van der Waals surface area contributed by atoms with Crippen molar-refractivity contribution in [3.63, 3.8) is 0 Å². The molecule has 0 radical (unpaired) electrons. The number of nitrogens with zero attached hydrogens (tertiary/aromatic N) is 6. The second-order valence-electron chi connectivity index (χ2n) is 6.25. The average molecular weight is 316 g/mol. The highest BCUT2D eigenvalue weighted by molar-refractivity contribution is 5.91. The zero-order chi connectivity index (χ0) is 17.1. The third-order valence-corrected chi connectivity index (χ3v) is 4.40. The maximum Gasteiger partial charge on any atom is 0.292 e. The standard InChI is InChI=1S/C16H24N6O/c1-11-12(2)18-14(16(23)21(5)9-7-17)19-15(11)22-8-6-13(10-22)20(3)4/h13H,6,8-10H2,1-5H3/t13-/m1/s1. The van der Waals surface area contributed by atoms with E-state index in [1.807, 2.05) is 19.9 Å². The fourth-order valence-corrected chi connectivity index (χ4v) is 2.72. The van der Waals surface area contributed by atoms with Gasteiger partial charge in [0.25, 0.3) is 5.91 Å². The lowest BCUT2D eigenvalue weighted by Gasteiger charge is -2.23. The van der Waals surface area contributed by atoms with Gasteiger partial charge in [0.2, 0.25) is 5.82 Å². The number of carbonyl (C=O) groups is 1. The first-order valence-electron chi connectivity index (χ1n) is 7.74. The van der Waals surface area contributed by atoms with Crippen LogP contribution in [0.4, 0.5) is 5.82 Å². The number of rotatable bonds is 4. The second kappa shape index (κ2) is 6.92. The van der Waals surface area contributed by atoms with Crippen molar-refractivity contribution >= 4 is 11.7 Å². The minimum absolute atomic E-state index is 0.0247. The monoisotopic (exact) mass is 316 g/mol. The van der Waals surface area contributed by atoms with Crippen molar-refractivity contribution in [2.24, 2.45) is 0 Å². The van der Waals surface area contributed by atoms with Crippen molar-refractivity contribution in [3.8, 4) is 6.07 Å². The second-order valence-corrected chi connectivity index (χ2v) is 6.25. The Labute approximate surface area is 137 Å². The molecule has 1 aliphatic heterocycles. The van der Waals surface area contributed by atoms with Crippen LogP contribution in [0.3, 0.4) is 0 Å². The first-order valence-corrected chi connectivity index (χ1v) is 7.74. The Morgan fingerprint density at radius 1 is 1.35 bits per heavy atom. The fraction of sp³-hybridized carbons (Fsp3) is 0.625. The molecule has 7 heteroatoms. The van der Waals surface area contributed by atoms with E-state index in [2.05, 4.69) is 33.9 Å². The highest BCUT2D eigenvalue weighted by atomic mass is 16.2. The molecular weight excluding hydrogens is 292 g/mol. The molecule has 0 bridgehead atoms. The van der Waals surface area contributed by atoms with E-state index < -0.39 is 0 Å². The lowest BCUT2D eigenvalue weighted by atomic mass is 10.2. The van der Waals surface area contributed by atoms with Crippen molar-refractivity contribution in [3.05, 3.63) is 17.1 Å². The predicted molar refractivity (Wildman–Crippen MR) is 88.4 cm³/mol. The van der Waals surface area contributed by atoms with Crippen LogP contribution in [0, 0.1) is 25.2 Å². The summed E-state index contributed by atoms with van der Waals surface area (Å²) < 4.78 is 0. The lowest BCUT2D eigenvalue weighted by Crippen LogP contribution is -2.33. The van der Waals surface area contributed by atoms with E-state index in [4.69, 9.17) is 5.26 Å². The van der Waals surface area contributed by atoms with Crippen molar-refractivity contribution < 1.29 is 4.79 Å². The van der Waals surface area contributed by atoms with Crippen LogP contribution in [0.2, 0.25) is 0 Å². The summed E-state index contributed by atoms with van der Waals surface area (Å²) in [5.74, 6) is 0.670. The molecule has 1 aliphatic rings. The molecule has 124 valence electrons. The normalized spacial score (nSPS) is 17.4. The summed E-state index contributed by atoms with van der Waals surface area (Å²) in [5, 5.41) is 8.74. The van der Waals surface area contributed by atoms with Gasteiger partial charge in [0.15, 0.2) is 0 Å². The highest BCUT2D eigenvalue weighted by Gasteiger charge is 2.28. The molecule has 0 N–H and O–H groups in total. The average Bonchev–Trinajstić information content (AvgIpc) is 2.99. The van der Waals surface area contributed by atoms with Crippen LogP contribution in [-0.4, -0.2) is 72.5 Å². The molecular formula is C16H24N6O. The van der Waals surface area contributed by atoms with Crippen LogP contribution in [-0.2, 0) is 0 Å². The van der Waals surface area contributed by atoms with E-state index in [1.165, 1.54) is 4.90 Å². The maximum absolute atomic E-state index is 12.4. The number of amides is 1. The minimum Gasteiger partial charge on any atom is -0.355 e. The largest absolute Gasteiger partial charge is 0.355 e. The molecule has 0 unspecified atom stereocenters. The Kier molecular flexibility index (Phi) is 5.16. The van der Waals surface area contributed by atoms with Crippen LogP contribution >= 0.6 is 0 Å². The first kappa shape index (κ1) is 17.2. The molecule has 1 aromatic rings. The topological polar surface area (TPSA) is 76.4 Å². The van der Waals surface area contributed by atoms with E-state index in [-0.39, 0.29) is 18.3 Å². The molecule has 1 amide bonds. The number of hydrogen-bond acceptors (Lipinski definition) is 6. The van der Waals surface area contributed by atoms with E-state index in [1.54, 1.807) is 7.05 Å². The Morgan fingerprint density at radius 3 is 2.61 bits per heavy atom. The Bertz CT molecular complexity index is 636. The maximum atomic E-state index is 12.4. The summed E-state index contributed by atoms with van der Waals surface area (Å²) in [4.78, 5) is 27.0. The third-order valence-electron chi connectivity index (χ3n) is 4.40. The first-order chi connectivity index (χ1) is 10.8. The number of aryl methyl sites for hydroxylation is 1. The van der Waals surface area contributed by atoms with Gasteiger partial charge < -0.3 is 14.7 Å². The van der Waals surface area contributed by atoms with Crippen molar-refractivity contribution in [1.29, 1.82) is 5.26 Å². The number of anilines is 1. The van der Waals surface area contributed by atoms with Gasteiger partial charge in [-0.25, -0.2) is 9.97 Å².